The van der Waals surface area contributed by atoms with Gasteiger partial charge in [-0.2, -0.15) is 0 Å². The number of nitrogens with one attached hydrogen (secondary N) is 1. The number of carbonyl (C=O) groups excluding carboxylic acids is 2. The number of carboxylic acid groups (broad SMARTS) is 1. The van der Waals surface area contributed by atoms with Crippen molar-refractivity contribution in [3.05, 3.63) is 30.1 Å². The number of amides is 3. The van der Waals surface area contributed by atoms with Crippen LogP contribution < -0.4 is 5.32 Å². The summed E-state index contributed by atoms with van der Waals surface area (Å²) in [6.45, 7) is 2.81. The minimum absolute atomic E-state index is 0.508. The first-order chi connectivity index (χ1) is 8.88. The minimum atomic E-state index is -1.28. The van der Waals surface area contributed by atoms with Gasteiger partial charge in [-0.15, -0.1) is 0 Å². The topological polar surface area (TPSA) is 99.6 Å². The Morgan fingerprint density at radius 3 is 2.74 bits per heavy atom. The van der Waals surface area contributed by atoms with E-state index >= 15 is 0 Å². The Hall–Kier alpha value is -2.44. The van der Waals surface area contributed by atoms with Crippen molar-refractivity contribution in [3.63, 3.8) is 0 Å². The summed E-state index contributed by atoms with van der Waals surface area (Å²) in [6, 6.07) is 1.36. The van der Waals surface area contributed by atoms with Crippen molar-refractivity contribution in [2.45, 2.75) is 25.4 Å². The molecule has 2 heterocycles. The Bertz CT molecular complexity index is 545. The lowest BCUT2D eigenvalue weighted by atomic mass is 9.93. The van der Waals surface area contributed by atoms with Crippen molar-refractivity contribution in [2.75, 3.05) is 0 Å². The van der Waals surface area contributed by atoms with Gasteiger partial charge in [0.15, 0.2) is 0 Å². The first kappa shape index (κ1) is 13.0. The summed E-state index contributed by atoms with van der Waals surface area (Å²) in [5.41, 5.74) is -0.775. The Balaban J connectivity index is 2.40. The number of urea groups is 1. The molecule has 1 aliphatic rings. The smallest absolute Gasteiger partial charge is 0.326 e. The summed E-state index contributed by atoms with van der Waals surface area (Å²) in [6.07, 6.45) is 3.01. The molecule has 0 bridgehead atoms. The Labute approximate surface area is 109 Å². The van der Waals surface area contributed by atoms with Gasteiger partial charge in [-0.1, -0.05) is 6.07 Å². The number of pyridine rings is 1. The fraction of sp³-hybridized carbons (Fsp3) is 0.333. The largest absolute Gasteiger partial charge is 0.480 e. The summed E-state index contributed by atoms with van der Waals surface area (Å²) in [5, 5.41) is 11.4. The van der Waals surface area contributed by atoms with E-state index in [1.54, 1.807) is 18.3 Å². The third-order valence-corrected chi connectivity index (χ3v) is 3.21. The van der Waals surface area contributed by atoms with Crippen LogP contribution in [0.3, 0.4) is 0 Å². The first-order valence-corrected chi connectivity index (χ1v) is 5.67. The number of carbonyl (C=O) groups is 3. The van der Waals surface area contributed by atoms with E-state index in [-0.39, 0.29) is 0 Å². The molecule has 7 nitrogen and oxygen atoms in total. The number of rotatable bonds is 3. The van der Waals surface area contributed by atoms with Crippen molar-refractivity contribution in [1.82, 2.24) is 15.2 Å². The molecular weight excluding hydrogens is 250 g/mol. The van der Waals surface area contributed by atoms with Crippen molar-refractivity contribution in [1.29, 1.82) is 0 Å². The monoisotopic (exact) mass is 263 g/mol. The second kappa shape index (κ2) is 4.34. The third-order valence-electron chi connectivity index (χ3n) is 3.21. The molecule has 1 aromatic rings. The zero-order chi connectivity index (χ0) is 14.2. The van der Waals surface area contributed by atoms with Gasteiger partial charge in [-0.05, 0) is 19.9 Å². The van der Waals surface area contributed by atoms with E-state index in [0.717, 1.165) is 4.90 Å². The van der Waals surface area contributed by atoms with E-state index in [9.17, 15) is 14.4 Å². The molecule has 100 valence electrons. The quantitative estimate of drug-likeness (QED) is 0.765. The standard InChI is InChI=1S/C12H13N3O4/c1-7(9(16)17)15-10(18)12(2,14-11(15)19)8-4-3-5-13-6-8/h3-7H,1-2H3,(H,14,19)(H,16,17). The third kappa shape index (κ3) is 1.92. The van der Waals surface area contributed by atoms with Gasteiger partial charge in [0.05, 0.1) is 0 Å². The number of nitrogens with zero attached hydrogens (tertiary/aromatic N) is 2. The molecular formula is C12H13N3O4. The highest BCUT2D eigenvalue weighted by atomic mass is 16.4. The highest BCUT2D eigenvalue weighted by Gasteiger charge is 2.51. The number of carboxylic acids is 1. The highest BCUT2D eigenvalue weighted by Crippen LogP contribution is 2.29. The van der Waals surface area contributed by atoms with Crippen LogP contribution in [-0.4, -0.2) is 38.9 Å². The molecule has 1 aliphatic heterocycles. The molecule has 19 heavy (non-hydrogen) atoms. The average Bonchev–Trinajstić information content (AvgIpc) is 2.61. The van der Waals surface area contributed by atoms with Gasteiger partial charge in [0.25, 0.3) is 5.91 Å². The molecule has 0 saturated carbocycles. The number of aliphatic carboxylic acids is 1. The molecule has 2 atom stereocenters. The number of hydrogen-bond acceptors (Lipinski definition) is 4. The molecule has 2 rings (SSSR count). The molecule has 2 N–H and O–H groups in total. The molecule has 0 aliphatic carbocycles. The molecule has 1 aromatic heterocycles. The van der Waals surface area contributed by atoms with Crippen LogP contribution in [0.1, 0.15) is 19.4 Å². The van der Waals surface area contributed by atoms with E-state index in [1.807, 2.05) is 0 Å². The zero-order valence-corrected chi connectivity index (χ0v) is 10.5. The number of hydrogen-bond donors (Lipinski definition) is 2. The molecule has 2 unspecified atom stereocenters. The Kier molecular flexibility index (Phi) is 2.97. The van der Waals surface area contributed by atoms with Crippen LogP contribution in [0, 0.1) is 0 Å². The molecule has 1 saturated heterocycles. The van der Waals surface area contributed by atoms with Gasteiger partial charge in [0.2, 0.25) is 0 Å². The molecule has 0 radical (unpaired) electrons. The summed E-state index contributed by atoms with van der Waals surface area (Å²) in [4.78, 5) is 39.7. The maximum atomic E-state index is 12.3. The predicted molar refractivity (Wildman–Crippen MR) is 64.1 cm³/mol. The van der Waals surface area contributed by atoms with Crippen molar-refractivity contribution in [2.24, 2.45) is 0 Å². The van der Waals surface area contributed by atoms with Gasteiger partial charge in [0.1, 0.15) is 11.6 Å². The molecule has 7 heteroatoms. The van der Waals surface area contributed by atoms with Gasteiger partial charge in [-0.25, -0.2) is 14.5 Å². The maximum absolute atomic E-state index is 12.3. The summed E-state index contributed by atoms with van der Waals surface area (Å²) in [7, 11) is 0. The van der Waals surface area contributed by atoms with Crippen molar-refractivity contribution < 1.29 is 19.5 Å². The molecule has 0 aromatic carbocycles. The van der Waals surface area contributed by atoms with E-state index in [0.29, 0.717) is 5.56 Å². The normalized spacial score (nSPS) is 24.2. The van der Waals surface area contributed by atoms with E-state index in [2.05, 4.69) is 10.3 Å². The van der Waals surface area contributed by atoms with Gasteiger partial charge in [0, 0.05) is 18.0 Å². The number of imide groups is 1. The second-order valence-electron chi connectivity index (χ2n) is 4.49. The van der Waals surface area contributed by atoms with E-state index in [4.69, 9.17) is 5.11 Å². The fourth-order valence-corrected chi connectivity index (χ4v) is 1.98. The first-order valence-electron chi connectivity index (χ1n) is 5.67. The van der Waals surface area contributed by atoms with E-state index in [1.165, 1.54) is 20.0 Å². The maximum Gasteiger partial charge on any atom is 0.326 e. The fourth-order valence-electron chi connectivity index (χ4n) is 1.98. The van der Waals surface area contributed by atoms with Crippen LogP contribution in [0.15, 0.2) is 24.5 Å². The lowest BCUT2D eigenvalue weighted by Gasteiger charge is -2.22. The molecule has 0 spiro atoms. The minimum Gasteiger partial charge on any atom is -0.480 e. The average molecular weight is 263 g/mol. The lowest BCUT2D eigenvalue weighted by Crippen LogP contribution is -2.45. The van der Waals surface area contributed by atoms with Crippen LogP contribution >= 0.6 is 0 Å². The summed E-state index contributed by atoms with van der Waals surface area (Å²) >= 11 is 0. The lowest BCUT2D eigenvalue weighted by molar-refractivity contribution is -0.147. The van der Waals surface area contributed by atoms with Crippen LogP contribution in [-0.2, 0) is 15.1 Å². The Morgan fingerprint density at radius 1 is 1.53 bits per heavy atom. The summed E-state index contributed by atoms with van der Waals surface area (Å²) < 4.78 is 0. The van der Waals surface area contributed by atoms with Gasteiger partial charge < -0.3 is 10.4 Å². The van der Waals surface area contributed by atoms with Crippen LogP contribution in [0.2, 0.25) is 0 Å². The SMILES string of the molecule is CC(C(=O)O)N1C(=O)NC(C)(c2cccnc2)C1=O. The predicted octanol–water partition coefficient (Wildman–Crippen LogP) is 0.322. The Morgan fingerprint density at radius 2 is 2.21 bits per heavy atom. The van der Waals surface area contributed by atoms with Gasteiger partial charge in [-0.3, -0.25) is 9.78 Å². The second-order valence-corrected chi connectivity index (χ2v) is 4.49. The summed E-state index contributed by atoms with van der Waals surface area (Å²) in [5.74, 6) is -1.83. The molecule has 1 fully saturated rings. The van der Waals surface area contributed by atoms with E-state index < -0.39 is 29.5 Å². The van der Waals surface area contributed by atoms with Crippen LogP contribution in [0.25, 0.3) is 0 Å². The highest BCUT2D eigenvalue weighted by molar-refractivity contribution is 6.09. The van der Waals surface area contributed by atoms with Crippen LogP contribution in [0.5, 0.6) is 0 Å². The van der Waals surface area contributed by atoms with Crippen LogP contribution in [0.4, 0.5) is 4.79 Å². The van der Waals surface area contributed by atoms with Gasteiger partial charge >= 0.3 is 12.0 Å². The van der Waals surface area contributed by atoms with Crippen molar-refractivity contribution >= 4 is 17.9 Å². The zero-order valence-electron chi connectivity index (χ0n) is 10.5. The number of aromatic nitrogens is 1. The molecule has 3 amide bonds. The van der Waals surface area contributed by atoms with Crippen molar-refractivity contribution in [3.8, 4) is 0 Å².